The highest BCUT2D eigenvalue weighted by molar-refractivity contribution is 7.08. The van der Waals surface area contributed by atoms with Crippen LogP contribution in [0.5, 0.6) is 0 Å². The fraction of sp³-hybridized carbons (Fsp3) is 0.389. The number of nitrogens with zero attached hydrogens (tertiary/aromatic N) is 6. The summed E-state index contributed by atoms with van der Waals surface area (Å²) in [5.74, 6) is 1.13. The Morgan fingerprint density at radius 3 is 2.68 bits per heavy atom. The molecule has 0 radical (unpaired) electrons. The van der Waals surface area contributed by atoms with Crippen LogP contribution in [0, 0.1) is 0 Å². The van der Waals surface area contributed by atoms with E-state index in [4.69, 9.17) is 16.1 Å². The number of hydrogen-bond acceptors (Lipinski definition) is 8. The molecule has 4 rings (SSSR count). The summed E-state index contributed by atoms with van der Waals surface area (Å²) in [7, 11) is 0. The molecule has 1 aliphatic heterocycles. The molecule has 2 aromatic heterocycles. The molecule has 0 spiro atoms. The minimum absolute atomic E-state index is 0.0225. The van der Waals surface area contributed by atoms with E-state index in [9.17, 15) is 4.79 Å². The van der Waals surface area contributed by atoms with E-state index >= 15 is 0 Å². The van der Waals surface area contributed by atoms with Crippen molar-refractivity contribution < 1.29 is 9.32 Å². The van der Waals surface area contributed by atoms with Gasteiger partial charge >= 0.3 is 0 Å². The molecule has 0 atom stereocenters. The number of aryl methyl sites for hydroxylation is 1. The highest BCUT2D eigenvalue weighted by Gasteiger charge is 2.26. The Morgan fingerprint density at radius 1 is 1.21 bits per heavy atom. The maximum absolute atomic E-state index is 12.7. The van der Waals surface area contributed by atoms with E-state index in [1.165, 1.54) is 11.5 Å². The number of piperazine rings is 1. The molecule has 3 aromatic rings. The van der Waals surface area contributed by atoms with Crippen LogP contribution < -0.4 is 0 Å². The van der Waals surface area contributed by atoms with Gasteiger partial charge in [-0.15, -0.1) is 5.10 Å². The van der Waals surface area contributed by atoms with Crippen LogP contribution in [0.15, 0.2) is 28.8 Å². The largest absolute Gasteiger partial charge is 0.338 e. The fourth-order valence-electron chi connectivity index (χ4n) is 3.08. The van der Waals surface area contributed by atoms with Gasteiger partial charge in [-0.25, -0.2) is 0 Å². The maximum Gasteiger partial charge on any atom is 0.267 e. The molecular formula is C18H19ClN6O2S. The topological polar surface area (TPSA) is 88.3 Å². The van der Waals surface area contributed by atoms with Crippen molar-refractivity contribution >= 4 is 29.0 Å². The second-order valence-electron chi connectivity index (χ2n) is 6.49. The smallest absolute Gasteiger partial charge is 0.267 e. The lowest BCUT2D eigenvalue weighted by Gasteiger charge is -2.33. The molecule has 0 N–H and O–H groups in total. The zero-order valence-corrected chi connectivity index (χ0v) is 16.9. The maximum atomic E-state index is 12.7. The molecule has 146 valence electrons. The van der Waals surface area contributed by atoms with Crippen molar-refractivity contribution in [1.29, 1.82) is 0 Å². The minimum atomic E-state index is 0.0225. The molecule has 1 fully saturated rings. The van der Waals surface area contributed by atoms with Gasteiger partial charge in [0, 0.05) is 36.8 Å². The van der Waals surface area contributed by atoms with Gasteiger partial charge in [0.1, 0.15) is 4.88 Å². The number of aromatic nitrogens is 4. The first-order valence-corrected chi connectivity index (χ1v) is 10.2. The van der Waals surface area contributed by atoms with Gasteiger partial charge in [0.05, 0.1) is 12.2 Å². The van der Waals surface area contributed by atoms with Gasteiger partial charge in [-0.05, 0) is 42.2 Å². The normalized spacial score (nSPS) is 15.1. The van der Waals surface area contributed by atoms with Crippen LogP contribution in [0.2, 0.25) is 5.02 Å². The Bertz CT molecular complexity index is 949. The van der Waals surface area contributed by atoms with Crippen molar-refractivity contribution in [3.63, 3.8) is 0 Å². The first kappa shape index (κ1) is 19.0. The van der Waals surface area contributed by atoms with E-state index in [1.807, 2.05) is 24.0 Å². The monoisotopic (exact) mass is 418 g/mol. The summed E-state index contributed by atoms with van der Waals surface area (Å²) < 4.78 is 9.29. The highest BCUT2D eigenvalue weighted by atomic mass is 35.5. The van der Waals surface area contributed by atoms with Crippen LogP contribution in [-0.4, -0.2) is 61.6 Å². The van der Waals surface area contributed by atoms with Crippen molar-refractivity contribution in [2.75, 3.05) is 26.2 Å². The third kappa shape index (κ3) is 4.06. The second kappa shape index (κ2) is 8.34. The number of carbonyl (C=O) groups excluding carboxylic acids is 1. The molecule has 8 nitrogen and oxygen atoms in total. The molecule has 1 saturated heterocycles. The van der Waals surface area contributed by atoms with E-state index in [1.54, 1.807) is 12.1 Å². The molecule has 1 aliphatic rings. The van der Waals surface area contributed by atoms with E-state index in [-0.39, 0.29) is 5.91 Å². The quantitative estimate of drug-likeness (QED) is 0.629. The standard InChI is InChI=1S/C18H19ClN6O2S/c1-2-14-16(28-23-21-14)18(26)25-9-7-24(8-10-25)11-15-20-17(22-27-15)12-3-5-13(19)6-4-12/h3-6H,2,7-11H2,1H3. The molecule has 0 unspecified atom stereocenters. The molecule has 1 aromatic carbocycles. The summed E-state index contributed by atoms with van der Waals surface area (Å²) in [6.07, 6.45) is 0.713. The summed E-state index contributed by atoms with van der Waals surface area (Å²) in [4.78, 5) is 21.9. The first-order chi connectivity index (χ1) is 13.6. The van der Waals surface area contributed by atoms with Gasteiger partial charge in [0.15, 0.2) is 0 Å². The molecule has 1 amide bonds. The summed E-state index contributed by atoms with van der Waals surface area (Å²) >= 11 is 7.08. The van der Waals surface area contributed by atoms with Gasteiger partial charge in [-0.3, -0.25) is 9.69 Å². The van der Waals surface area contributed by atoms with Crippen molar-refractivity contribution in [2.45, 2.75) is 19.9 Å². The predicted octanol–water partition coefficient (Wildman–Crippen LogP) is 2.76. The van der Waals surface area contributed by atoms with Gasteiger partial charge < -0.3 is 9.42 Å². The van der Waals surface area contributed by atoms with Gasteiger partial charge in [-0.2, -0.15) is 4.98 Å². The van der Waals surface area contributed by atoms with Crippen LogP contribution in [-0.2, 0) is 13.0 Å². The number of halogens is 1. The number of hydrogen-bond donors (Lipinski definition) is 0. The van der Waals surface area contributed by atoms with Crippen LogP contribution in [0.4, 0.5) is 0 Å². The Balaban J connectivity index is 1.33. The van der Waals surface area contributed by atoms with Crippen LogP contribution in [0.1, 0.15) is 28.2 Å². The van der Waals surface area contributed by atoms with Crippen LogP contribution >= 0.6 is 23.1 Å². The molecular weight excluding hydrogens is 400 g/mol. The van der Waals surface area contributed by atoms with E-state index in [2.05, 4.69) is 24.6 Å². The van der Waals surface area contributed by atoms with Crippen molar-refractivity contribution in [1.82, 2.24) is 29.5 Å². The molecule has 3 heterocycles. The zero-order chi connectivity index (χ0) is 19.5. The lowest BCUT2D eigenvalue weighted by atomic mass is 10.2. The SMILES string of the molecule is CCc1nnsc1C(=O)N1CCN(Cc2nc(-c3ccc(Cl)cc3)no2)CC1. The number of amides is 1. The first-order valence-electron chi connectivity index (χ1n) is 9.05. The zero-order valence-electron chi connectivity index (χ0n) is 15.3. The highest BCUT2D eigenvalue weighted by Crippen LogP contribution is 2.20. The van der Waals surface area contributed by atoms with Crippen LogP contribution in [0.3, 0.4) is 0 Å². The predicted molar refractivity (Wildman–Crippen MR) is 105 cm³/mol. The van der Waals surface area contributed by atoms with Gasteiger partial charge in [0.25, 0.3) is 5.91 Å². The second-order valence-corrected chi connectivity index (χ2v) is 7.68. The summed E-state index contributed by atoms with van der Waals surface area (Å²) in [6, 6.07) is 7.32. The average Bonchev–Trinajstić information content (AvgIpc) is 3.38. The molecule has 0 aliphatic carbocycles. The summed E-state index contributed by atoms with van der Waals surface area (Å²) in [5.41, 5.74) is 1.64. The van der Waals surface area contributed by atoms with Crippen LogP contribution in [0.25, 0.3) is 11.4 Å². The Hall–Kier alpha value is -2.36. The number of rotatable bonds is 5. The third-order valence-electron chi connectivity index (χ3n) is 4.67. The summed E-state index contributed by atoms with van der Waals surface area (Å²) in [5, 5.41) is 8.74. The van der Waals surface area contributed by atoms with Crippen molar-refractivity contribution in [3.8, 4) is 11.4 Å². The van der Waals surface area contributed by atoms with Crippen molar-refractivity contribution in [3.05, 3.63) is 45.7 Å². The summed E-state index contributed by atoms with van der Waals surface area (Å²) in [6.45, 7) is 5.34. The van der Waals surface area contributed by atoms with Gasteiger partial charge in [-0.1, -0.05) is 28.2 Å². The third-order valence-corrected chi connectivity index (χ3v) is 5.68. The Kier molecular flexibility index (Phi) is 5.65. The molecule has 10 heteroatoms. The lowest BCUT2D eigenvalue weighted by Crippen LogP contribution is -2.48. The minimum Gasteiger partial charge on any atom is -0.338 e. The average molecular weight is 419 g/mol. The molecule has 0 bridgehead atoms. The van der Waals surface area contributed by atoms with Crippen molar-refractivity contribution in [2.24, 2.45) is 0 Å². The van der Waals surface area contributed by atoms with E-state index in [0.717, 1.165) is 24.3 Å². The fourth-order valence-corrected chi connectivity index (χ4v) is 3.93. The van der Waals surface area contributed by atoms with E-state index in [0.29, 0.717) is 47.7 Å². The molecule has 28 heavy (non-hydrogen) atoms. The molecule has 0 saturated carbocycles. The number of benzene rings is 1. The van der Waals surface area contributed by atoms with E-state index < -0.39 is 0 Å². The lowest BCUT2D eigenvalue weighted by molar-refractivity contribution is 0.0618. The Labute approximate surface area is 171 Å². The number of carbonyl (C=O) groups is 1. The van der Waals surface area contributed by atoms with Gasteiger partial charge in [0.2, 0.25) is 11.7 Å². The Morgan fingerprint density at radius 2 is 1.96 bits per heavy atom.